The van der Waals surface area contributed by atoms with Crippen LogP contribution in [0.25, 0.3) is 10.2 Å². The predicted molar refractivity (Wildman–Crippen MR) is 129 cm³/mol. The second-order valence-electron chi connectivity index (χ2n) is 8.72. The number of imide groups is 1. The summed E-state index contributed by atoms with van der Waals surface area (Å²) in [5, 5.41) is 4.57. The number of nitrogens with zero attached hydrogens (tertiary/aromatic N) is 4. The van der Waals surface area contributed by atoms with Crippen LogP contribution in [0.3, 0.4) is 0 Å². The number of rotatable bonds is 6. The molecule has 4 amide bonds. The zero-order valence-corrected chi connectivity index (χ0v) is 19.7. The Labute approximate surface area is 201 Å². The number of hydrazine groups is 1. The first-order valence-electron chi connectivity index (χ1n) is 11.2. The summed E-state index contributed by atoms with van der Waals surface area (Å²) >= 11 is 1.71. The van der Waals surface area contributed by atoms with Gasteiger partial charge in [-0.1, -0.05) is 42.5 Å². The lowest BCUT2D eigenvalue weighted by Crippen LogP contribution is -2.53. The van der Waals surface area contributed by atoms with E-state index in [1.165, 1.54) is 4.70 Å². The first kappa shape index (κ1) is 22.5. The number of thiazole rings is 1. The van der Waals surface area contributed by atoms with Crippen molar-refractivity contribution in [3.63, 3.8) is 0 Å². The van der Waals surface area contributed by atoms with Crippen molar-refractivity contribution in [2.24, 2.45) is 0 Å². The number of amides is 4. The van der Waals surface area contributed by atoms with Gasteiger partial charge in [-0.2, -0.15) is 5.01 Å². The van der Waals surface area contributed by atoms with Crippen molar-refractivity contribution in [3.8, 4) is 0 Å². The van der Waals surface area contributed by atoms with Gasteiger partial charge in [-0.25, -0.2) is 9.78 Å². The fourth-order valence-electron chi connectivity index (χ4n) is 4.36. The van der Waals surface area contributed by atoms with Gasteiger partial charge in [-0.3, -0.25) is 24.8 Å². The van der Waals surface area contributed by atoms with E-state index >= 15 is 0 Å². The Kier molecular flexibility index (Phi) is 6.03. The van der Waals surface area contributed by atoms with E-state index in [9.17, 15) is 14.4 Å². The molecule has 2 N–H and O–H groups in total. The van der Waals surface area contributed by atoms with E-state index < -0.39 is 17.5 Å². The summed E-state index contributed by atoms with van der Waals surface area (Å²) in [5.74, 6) is -0.891. The number of benzene rings is 2. The molecule has 1 aromatic heterocycles. The van der Waals surface area contributed by atoms with E-state index in [1.54, 1.807) is 42.5 Å². The summed E-state index contributed by atoms with van der Waals surface area (Å²) in [6.45, 7) is 5.63. The van der Waals surface area contributed by atoms with Gasteiger partial charge in [-0.05, 0) is 24.6 Å². The van der Waals surface area contributed by atoms with Gasteiger partial charge in [-0.15, -0.1) is 11.3 Å². The molecule has 1 atom stereocenters. The van der Waals surface area contributed by atoms with Gasteiger partial charge < -0.3 is 5.32 Å². The van der Waals surface area contributed by atoms with Crippen molar-refractivity contribution in [1.82, 2.24) is 30.5 Å². The maximum Gasteiger partial charge on any atom is 0.344 e. The lowest BCUT2D eigenvalue weighted by Gasteiger charge is -2.33. The second kappa shape index (κ2) is 9.13. The largest absolute Gasteiger partial charge is 0.344 e. The summed E-state index contributed by atoms with van der Waals surface area (Å²) in [6.07, 6.45) is 0. The van der Waals surface area contributed by atoms with Gasteiger partial charge in [0.15, 0.2) is 0 Å². The van der Waals surface area contributed by atoms with Crippen LogP contribution in [0.5, 0.6) is 0 Å². The smallest absolute Gasteiger partial charge is 0.318 e. The van der Waals surface area contributed by atoms with Crippen LogP contribution in [0.15, 0.2) is 54.6 Å². The highest BCUT2D eigenvalue weighted by atomic mass is 32.1. The van der Waals surface area contributed by atoms with Gasteiger partial charge in [0.2, 0.25) is 0 Å². The molecule has 0 bridgehead atoms. The average molecular weight is 479 g/mol. The van der Waals surface area contributed by atoms with E-state index in [1.807, 2.05) is 29.2 Å². The Morgan fingerprint density at radius 1 is 1.03 bits per heavy atom. The van der Waals surface area contributed by atoms with E-state index in [-0.39, 0.29) is 12.5 Å². The Bertz CT molecular complexity index is 1190. The lowest BCUT2D eigenvalue weighted by molar-refractivity contribution is -0.139. The van der Waals surface area contributed by atoms with E-state index in [0.29, 0.717) is 5.56 Å². The highest BCUT2D eigenvalue weighted by molar-refractivity contribution is 7.18. The number of fused-ring (bicyclic) bond motifs is 1. The third-order valence-electron chi connectivity index (χ3n) is 6.31. The third kappa shape index (κ3) is 4.39. The molecule has 2 fully saturated rings. The Balaban J connectivity index is 1.12. The van der Waals surface area contributed by atoms with Crippen LogP contribution < -0.4 is 10.7 Å². The molecule has 2 aromatic carbocycles. The zero-order chi connectivity index (χ0) is 23.7. The Morgan fingerprint density at radius 3 is 2.44 bits per heavy atom. The molecule has 10 heteroatoms. The van der Waals surface area contributed by atoms with Crippen LogP contribution in [0, 0.1) is 0 Å². The Hall–Kier alpha value is -3.34. The molecule has 3 heterocycles. The molecule has 176 valence electrons. The normalized spacial score (nSPS) is 21.7. The first-order valence-corrected chi connectivity index (χ1v) is 12.0. The minimum Gasteiger partial charge on any atom is -0.318 e. The van der Waals surface area contributed by atoms with Gasteiger partial charge in [0, 0.05) is 26.2 Å². The molecule has 34 heavy (non-hydrogen) atoms. The third-order valence-corrected chi connectivity index (χ3v) is 7.33. The molecule has 5 rings (SSSR count). The molecule has 2 saturated heterocycles. The zero-order valence-electron chi connectivity index (χ0n) is 18.9. The summed E-state index contributed by atoms with van der Waals surface area (Å²) in [7, 11) is 0. The number of hydrogen-bond acceptors (Lipinski definition) is 7. The molecule has 0 spiro atoms. The number of hydrogen-bond donors (Lipinski definition) is 2. The van der Waals surface area contributed by atoms with E-state index in [0.717, 1.165) is 48.3 Å². The molecule has 0 saturated carbocycles. The molecular weight excluding hydrogens is 452 g/mol. The standard InChI is InChI=1S/C24H26N6O3S/c1-24(17-7-3-2-4-8-17)22(32)30(23(33)26-24)27-20(31)15-28-11-13-29(14-12-28)16-21-25-18-9-5-6-10-19(18)34-21/h2-10H,11-16H2,1H3,(H,26,33)(H,27,31). The predicted octanol–water partition coefficient (Wildman–Crippen LogP) is 1.91. The summed E-state index contributed by atoms with van der Waals surface area (Å²) in [4.78, 5) is 47.1. The van der Waals surface area contributed by atoms with Crippen LogP contribution in [-0.2, 0) is 21.7 Å². The number of nitrogens with one attached hydrogen (secondary N) is 2. The van der Waals surface area contributed by atoms with Gasteiger partial charge >= 0.3 is 6.03 Å². The molecule has 2 aliphatic rings. The number of para-hydroxylation sites is 1. The van der Waals surface area contributed by atoms with Gasteiger partial charge in [0.05, 0.1) is 23.3 Å². The summed E-state index contributed by atoms with van der Waals surface area (Å²) < 4.78 is 1.19. The number of aromatic nitrogens is 1. The fourth-order valence-corrected chi connectivity index (χ4v) is 5.37. The molecular formula is C24H26N6O3S. The minimum atomic E-state index is -1.21. The number of urea groups is 1. The molecule has 1 unspecified atom stereocenters. The number of piperazine rings is 1. The van der Waals surface area contributed by atoms with Gasteiger partial charge in [0.25, 0.3) is 11.8 Å². The van der Waals surface area contributed by atoms with E-state index in [2.05, 4.69) is 21.7 Å². The van der Waals surface area contributed by atoms with Crippen molar-refractivity contribution in [3.05, 3.63) is 65.2 Å². The van der Waals surface area contributed by atoms with Crippen molar-refractivity contribution in [2.45, 2.75) is 19.0 Å². The first-order chi connectivity index (χ1) is 16.4. The van der Waals surface area contributed by atoms with Crippen molar-refractivity contribution >= 4 is 39.4 Å². The van der Waals surface area contributed by atoms with Crippen LogP contribution >= 0.6 is 11.3 Å². The molecule has 0 aliphatic carbocycles. The number of carbonyl (C=O) groups excluding carboxylic acids is 3. The fraction of sp³-hybridized carbons (Fsp3) is 0.333. The molecule has 2 aliphatic heterocycles. The molecule has 0 radical (unpaired) electrons. The summed E-state index contributed by atoms with van der Waals surface area (Å²) in [6, 6.07) is 16.5. The highest BCUT2D eigenvalue weighted by Gasteiger charge is 2.50. The second-order valence-corrected chi connectivity index (χ2v) is 9.84. The van der Waals surface area contributed by atoms with Crippen molar-refractivity contribution in [1.29, 1.82) is 0 Å². The highest BCUT2D eigenvalue weighted by Crippen LogP contribution is 2.27. The Morgan fingerprint density at radius 2 is 1.71 bits per heavy atom. The topological polar surface area (TPSA) is 97.9 Å². The molecule has 3 aromatic rings. The maximum atomic E-state index is 12.9. The maximum absolute atomic E-state index is 12.9. The quantitative estimate of drug-likeness (QED) is 0.526. The average Bonchev–Trinajstić information content (AvgIpc) is 3.34. The molecule has 9 nitrogen and oxygen atoms in total. The SMILES string of the molecule is CC1(c2ccccc2)NC(=O)N(NC(=O)CN2CCN(Cc3nc4ccccc4s3)CC2)C1=O. The van der Waals surface area contributed by atoms with Crippen molar-refractivity contribution < 1.29 is 14.4 Å². The minimum absolute atomic E-state index is 0.119. The lowest BCUT2D eigenvalue weighted by atomic mass is 9.92. The van der Waals surface area contributed by atoms with E-state index in [4.69, 9.17) is 4.98 Å². The van der Waals surface area contributed by atoms with Crippen LogP contribution in [0.2, 0.25) is 0 Å². The van der Waals surface area contributed by atoms with Crippen LogP contribution in [-0.4, -0.2) is 70.4 Å². The number of carbonyl (C=O) groups is 3. The van der Waals surface area contributed by atoms with Crippen LogP contribution in [0.4, 0.5) is 4.79 Å². The van der Waals surface area contributed by atoms with Crippen molar-refractivity contribution in [2.75, 3.05) is 32.7 Å². The monoisotopic (exact) mass is 478 g/mol. The summed E-state index contributed by atoms with van der Waals surface area (Å²) in [5.41, 5.74) is 2.97. The van der Waals surface area contributed by atoms with Crippen LogP contribution in [0.1, 0.15) is 17.5 Å². The van der Waals surface area contributed by atoms with Gasteiger partial charge in [0.1, 0.15) is 10.5 Å².